The summed E-state index contributed by atoms with van der Waals surface area (Å²) in [6, 6.07) is 5.43. The standard InChI is InChI=1S/C60H88N4O25/c1-9-10-11-12-13-14-15-16-17-18-19-20-24-27-43(84-57(75)41-25-22-21-23-26-41)42(63-64-61)30-78-58-50(74)49(73)51(45(29-65)85-58)87-59-56-55(53(83-40(8)72)47(86-59)32-77-36(4)68)89-60(33-79-56)28-44(80-37(5)69)48(62-34(2)66)54(88-60)52(82-39(7)71)46(81-38(6)70)31-76-35(3)67/h21-27,42-56,58-59,65,73-74H,9-20,28-33H2,1-8H3,(H,62,66)/b27-24+/t42?,43?,44?,45-,46+,47?,48?,49-,50-,51-,52+,53?,54?,55?,56?,58-,59?,60?/m1/s1. The van der Waals surface area contributed by atoms with E-state index in [2.05, 4.69) is 22.3 Å². The SMILES string of the molecule is CCCCCCCCCCCCC/C=C/C(OC(=O)c1ccccc1)C(CO[C@@H]1O[C@H](CO)[C@@H](OC2OC(COC(C)=O)C(OC(C)=O)C3OC4(COC23)CC(OC(C)=O)C(NC(C)=O)C([C@@H](OC(C)=O)[C@H](COC(C)=O)OC(C)=O)O4)[C@H](O)[C@H]1O)N=[N+]=[N-]. The van der Waals surface area contributed by atoms with Gasteiger partial charge in [-0.05, 0) is 36.6 Å². The lowest BCUT2D eigenvalue weighted by Crippen LogP contribution is -2.74. The molecule has 18 atom stereocenters. The summed E-state index contributed by atoms with van der Waals surface area (Å²) in [6.07, 6.45) is -8.68. The van der Waals surface area contributed by atoms with E-state index in [0.29, 0.717) is 6.42 Å². The van der Waals surface area contributed by atoms with Crippen molar-refractivity contribution in [2.75, 3.05) is 33.0 Å². The van der Waals surface area contributed by atoms with E-state index in [1.54, 1.807) is 36.4 Å². The van der Waals surface area contributed by atoms with E-state index in [1.165, 1.54) is 44.9 Å². The van der Waals surface area contributed by atoms with Crippen molar-refractivity contribution in [3.8, 4) is 0 Å². The summed E-state index contributed by atoms with van der Waals surface area (Å²) in [5.41, 5.74) is 9.96. The number of azide groups is 1. The molecule has 4 fully saturated rings. The van der Waals surface area contributed by atoms with E-state index in [4.69, 9.17) is 66.3 Å². The zero-order valence-electron chi connectivity index (χ0n) is 51.7. The Morgan fingerprint density at radius 2 is 1.35 bits per heavy atom. The van der Waals surface area contributed by atoms with Crippen LogP contribution in [0.3, 0.4) is 0 Å². The topological polar surface area (TPSA) is 387 Å². The van der Waals surface area contributed by atoms with Crippen LogP contribution >= 0.6 is 0 Å². The number of nitrogens with zero attached hydrogens (tertiary/aromatic N) is 3. The zero-order chi connectivity index (χ0) is 65.2. The zero-order valence-corrected chi connectivity index (χ0v) is 51.7. The van der Waals surface area contributed by atoms with Gasteiger partial charge in [-0.2, -0.15) is 0 Å². The molecule has 11 unspecified atom stereocenters. The summed E-state index contributed by atoms with van der Waals surface area (Å²) in [7, 11) is 0. The van der Waals surface area contributed by atoms with Crippen molar-refractivity contribution in [1.29, 1.82) is 0 Å². The maximum absolute atomic E-state index is 13.4. The second-order valence-electron chi connectivity index (χ2n) is 22.3. The molecule has 4 aliphatic rings. The number of ether oxygens (including phenoxy) is 14. The summed E-state index contributed by atoms with van der Waals surface area (Å²) in [4.78, 5) is 105. The van der Waals surface area contributed by atoms with Gasteiger partial charge in [-0.25, -0.2) is 4.79 Å². The van der Waals surface area contributed by atoms with Crippen LogP contribution in [0.15, 0.2) is 47.6 Å². The van der Waals surface area contributed by atoms with Crippen molar-refractivity contribution >= 4 is 47.7 Å². The molecule has 1 aromatic rings. The summed E-state index contributed by atoms with van der Waals surface area (Å²) in [5, 5.41) is 40.9. The van der Waals surface area contributed by atoms with Gasteiger partial charge in [-0.15, -0.1) is 0 Å². The van der Waals surface area contributed by atoms with Crippen molar-refractivity contribution in [3.63, 3.8) is 0 Å². The van der Waals surface area contributed by atoms with Gasteiger partial charge in [0.1, 0.15) is 86.9 Å². The molecular weight excluding hydrogens is 1180 g/mol. The molecular formula is C60H88N4O25. The van der Waals surface area contributed by atoms with Crippen LogP contribution in [-0.2, 0) is 99.9 Å². The van der Waals surface area contributed by atoms with Crippen LogP contribution in [-0.4, -0.2) is 206 Å². The van der Waals surface area contributed by atoms with Crippen LogP contribution in [0.2, 0.25) is 0 Å². The fourth-order valence-corrected chi connectivity index (χ4v) is 11.0. The van der Waals surface area contributed by atoms with Crippen molar-refractivity contribution in [2.45, 2.75) is 249 Å². The van der Waals surface area contributed by atoms with E-state index in [-0.39, 0.29) is 5.56 Å². The molecule has 4 saturated heterocycles. The smallest absolute Gasteiger partial charge is 0.338 e. The third-order valence-electron chi connectivity index (χ3n) is 14.9. The molecule has 29 nitrogen and oxygen atoms in total. The predicted octanol–water partition coefficient (Wildman–Crippen LogP) is 4.34. The van der Waals surface area contributed by atoms with Gasteiger partial charge in [0.05, 0.1) is 24.8 Å². The highest BCUT2D eigenvalue weighted by Gasteiger charge is 2.63. The molecule has 4 N–H and O–H groups in total. The van der Waals surface area contributed by atoms with Crippen molar-refractivity contribution < 1.29 is 120 Å². The Morgan fingerprint density at radius 3 is 1.93 bits per heavy atom. The summed E-state index contributed by atoms with van der Waals surface area (Å²) in [5.74, 6) is -8.95. The first-order chi connectivity index (χ1) is 42.5. The molecule has 4 heterocycles. The number of carbonyl (C=O) groups excluding carboxylic acids is 8. The fraction of sp³-hybridized carbons (Fsp3) is 0.733. The number of aliphatic hydroxyl groups is 3. The summed E-state index contributed by atoms with van der Waals surface area (Å²) < 4.78 is 83.7. The number of rotatable bonds is 34. The highest BCUT2D eigenvalue weighted by molar-refractivity contribution is 5.89. The van der Waals surface area contributed by atoms with Gasteiger partial charge in [0, 0.05) is 59.8 Å². The Morgan fingerprint density at radius 1 is 0.719 bits per heavy atom. The minimum atomic E-state index is -2.19. The van der Waals surface area contributed by atoms with Crippen LogP contribution in [0, 0.1) is 0 Å². The number of unbranched alkanes of at least 4 members (excludes halogenated alkanes) is 11. The summed E-state index contributed by atoms with van der Waals surface area (Å²) >= 11 is 0. The molecule has 4 aliphatic heterocycles. The van der Waals surface area contributed by atoms with Crippen molar-refractivity contribution in [3.05, 3.63) is 58.5 Å². The Hall–Kier alpha value is -6.37. The van der Waals surface area contributed by atoms with Gasteiger partial charge in [-0.1, -0.05) is 101 Å². The molecule has 0 radical (unpaired) electrons. The predicted molar refractivity (Wildman–Crippen MR) is 306 cm³/mol. The van der Waals surface area contributed by atoms with Crippen molar-refractivity contribution in [2.24, 2.45) is 5.11 Å². The van der Waals surface area contributed by atoms with Gasteiger partial charge < -0.3 is 87.0 Å². The molecule has 29 heteroatoms. The molecule has 0 aromatic heterocycles. The van der Waals surface area contributed by atoms with E-state index in [0.717, 1.165) is 74.1 Å². The number of hydrogen-bond donors (Lipinski definition) is 4. The quantitative estimate of drug-likeness (QED) is 0.0142. The monoisotopic (exact) mass is 1260 g/mol. The average Bonchev–Trinajstić information content (AvgIpc) is 0.789. The van der Waals surface area contributed by atoms with Gasteiger partial charge in [0.2, 0.25) is 5.91 Å². The number of fused-ring (bicyclic) bond motifs is 1. The number of allylic oxidation sites excluding steroid dienone is 1. The second-order valence-corrected chi connectivity index (χ2v) is 22.3. The third kappa shape index (κ3) is 23.1. The van der Waals surface area contributed by atoms with Crippen LogP contribution in [0.4, 0.5) is 0 Å². The van der Waals surface area contributed by atoms with Crippen molar-refractivity contribution in [1.82, 2.24) is 5.32 Å². The van der Waals surface area contributed by atoms with Crippen LogP contribution in [0.1, 0.15) is 149 Å². The Bertz CT molecular complexity index is 2540. The Balaban J connectivity index is 1.42. The maximum Gasteiger partial charge on any atom is 0.338 e. The number of esters is 7. The lowest BCUT2D eigenvalue weighted by molar-refractivity contribution is -0.433. The number of benzene rings is 1. The lowest BCUT2D eigenvalue weighted by Gasteiger charge is -2.56. The minimum Gasteiger partial charge on any atom is -0.463 e. The van der Waals surface area contributed by atoms with Crippen LogP contribution in [0.5, 0.6) is 0 Å². The molecule has 498 valence electrons. The van der Waals surface area contributed by atoms with Crippen LogP contribution < -0.4 is 5.32 Å². The number of nitrogens with one attached hydrogen (secondary N) is 1. The van der Waals surface area contributed by atoms with E-state index in [1.807, 2.05) is 6.08 Å². The van der Waals surface area contributed by atoms with E-state index in [9.17, 15) is 59.2 Å². The molecule has 89 heavy (non-hydrogen) atoms. The first kappa shape index (κ1) is 73.4. The molecule has 1 aromatic carbocycles. The first-order valence-corrected chi connectivity index (χ1v) is 30.2. The normalized spacial score (nSPS) is 28.7. The van der Waals surface area contributed by atoms with Gasteiger partial charge in [0.25, 0.3) is 0 Å². The molecule has 1 spiro atoms. The largest absolute Gasteiger partial charge is 0.463 e. The Kier molecular flexibility index (Phi) is 30.6. The van der Waals surface area contributed by atoms with Gasteiger partial charge in [-0.3, -0.25) is 33.6 Å². The van der Waals surface area contributed by atoms with E-state index >= 15 is 0 Å². The highest BCUT2D eigenvalue weighted by Crippen LogP contribution is 2.44. The van der Waals surface area contributed by atoms with Gasteiger partial charge in [0.15, 0.2) is 36.7 Å². The number of hydrogen-bond acceptors (Lipinski definition) is 26. The minimum absolute atomic E-state index is 0.218. The second kappa shape index (κ2) is 37.1. The molecule has 5 rings (SSSR count). The molecule has 0 aliphatic carbocycles. The highest BCUT2D eigenvalue weighted by atomic mass is 16.8. The first-order valence-electron chi connectivity index (χ1n) is 30.2. The fourth-order valence-electron chi connectivity index (χ4n) is 11.0. The third-order valence-corrected chi connectivity index (χ3v) is 14.9. The average molecular weight is 1270 g/mol. The Labute approximate surface area is 516 Å². The number of amides is 1. The number of aliphatic hydroxyl groups excluding tert-OH is 3. The van der Waals surface area contributed by atoms with Crippen LogP contribution in [0.25, 0.3) is 10.4 Å². The summed E-state index contributed by atoms with van der Waals surface area (Å²) in [6.45, 7) is 6.09. The number of carbonyl (C=O) groups is 8. The molecule has 1 amide bonds. The molecule has 0 saturated carbocycles. The maximum atomic E-state index is 13.4. The molecule has 0 bridgehead atoms. The van der Waals surface area contributed by atoms with E-state index < -0.39 is 197 Å². The van der Waals surface area contributed by atoms with Gasteiger partial charge >= 0.3 is 41.8 Å². The lowest BCUT2D eigenvalue weighted by atomic mass is 9.87.